The average Bonchev–Trinajstić information content (AvgIpc) is 3.47. The number of benzene rings is 4. The number of imidazole rings is 1. The zero-order valence-corrected chi connectivity index (χ0v) is 24.0. The van der Waals surface area contributed by atoms with Gasteiger partial charge in [0.25, 0.3) is 0 Å². The molecule has 4 aromatic carbocycles. The molecule has 40 heavy (non-hydrogen) atoms. The summed E-state index contributed by atoms with van der Waals surface area (Å²) in [5.41, 5.74) is 7.62. The van der Waals surface area contributed by atoms with E-state index in [1.807, 2.05) is 6.20 Å². The molecular formula is C35H37N5. The Bertz CT molecular complexity index is 1860. The van der Waals surface area contributed by atoms with E-state index in [2.05, 4.69) is 129 Å². The van der Waals surface area contributed by atoms with Crippen LogP contribution in [0.15, 0.2) is 86.4 Å². The van der Waals surface area contributed by atoms with E-state index >= 15 is 0 Å². The van der Waals surface area contributed by atoms with Gasteiger partial charge in [0.05, 0.1) is 16.6 Å². The number of nitrogens with zero attached hydrogens (tertiary/aromatic N) is 3. The van der Waals surface area contributed by atoms with Gasteiger partial charge in [-0.1, -0.05) is 63.2 Å². The molecule has 0 saturated heterocycles. The quantitative estimate of drug-likeness (QED) is 0.167. The molecule has 5 heteroatoms. The summed E-state index contributed by atoms with van der Waals surface area (Å²) in [4.78, 5) is 17.5. The second-order valence-corrected chi connectivity index (χ2v) is 10.5. The van der Waals surface area contributed by atoms with Crippen molar-refractivity contribution in [2.24, 2.45) is 0 Å². The van der Waals surface area contributed by atoms with Gasteiger partial charge in [0, 0.05) is 34.6 Å². The van der Waals surface area contributed by atoms with E-state index in [0.717, 1.165) is 45.0 Å². The summed E-state index contributed by atoms with van der Waals surface area (Å²) in [6, 6.07) is 20.5. The Hall–Kier alpha value is -4.51. The van der Waals surface area contributed by atoms with Gasteiger partial charge in [-0.15, -0.1) is 13.2 Å². The fourth-order valence-corrected chi connectivity index (χ4v) is 5.20. The van der Waals surface area contributed by atoms with Crippen molar-refractivity contribution >= 4 is 49.2 Å². The molecule has 0 bridgehead atoms. The predicted molar refractivity (Wildman–Crippen MR) is 172 cm³/mol. The van der Waals surface area contributed by atoms with Crippen molar-refractivity contribution in [3.05, 3.63) is 97.7 Å². The Morgan fingerprint density at radius 3 is 2.38 bits per heavy atom. The first-order valence-corrected chi connectivity index (χ1v) is 14.0. The normalized spacial score (nSPS) is 12.7. The van der Waals surface area contributed by atoms with E-state index in [1.165, 1.54) is 33.2 Å². The number of rotatable bonds is 6. The second kappa shape index (κ2) is 11.3. The van der Waals surface area contributed by atoms with Crippen LogP contribution in [-0.2, 0) is 0 Å². The number of H-pyrrole nitrogens is 1. The summed E-state index contributed by atoms with van der Waals surface area (Å²) in [6.45, 7) is 16.8. The molecule has 2 N–H and O–H groups in total. The number of hydrogen-bond acceptors (Lipinski definition) is 4. The van der Waals surface area contributed by atoms with Gasteiger partial charge in [-0.25, -0.2) is 15.0 Å². The lowest BCUT2D eigenvalue weighted by molar-refractivity contribution is 0.630. The highest BCUT2D eigenvalue weighted by molar-refractivity contribution is 6.22. The molecule has 2 aromatic heterocycles. The van der Waals surface area contributed by atoms with Gasteiger partial charge in [-0.2, -0.15) is 0 Å². The maximum absolute atomic E-state index is 4.96. The van der Waals surface area contributed by atoms with Gasteiger partial charge in [-0.05, 0) is 71.3 Å². The molecule has 0 radical (unpaired) electrons. The molecule has 0 spiro atoms. The predicted octanol–water partition coefficient (Wildman–Crippen LogP) is 9.15. The number of aromatic nitrogens is 4. The smallest absolute Gasteiger partial charge is 0.116 e. The van der Waals surface area contributed by atoms with Crippen molar-refractivity contribution in [3.63, 3.8) is 0 Å². The largest absolute Gasteiger partial charge is 0.382 e. The highest BCUT2D eigenvalue weighted by Gasteiger charge is 2.16. The molecule has 2 heterocycles. The summed E-state index contributed by atoms with van der Waals surface area (Å²) >= 11 is 0. The summed E-state index contributed by atoms with van der Waals surface area (Å²) < 4.78 is 0. The van der Waals surface area contributed by atoms with Crippen LogP contribution in [0.2, 0.25) is 0 Å². The fourth-order valence-electron chi connectivity index (χ4n) is 5.20. The standard InChI is InChI=1S/C33H33N5.C2H4/c1-6-20(5)36-29(7-2)25-11-10-21-14-22(8-9-23(21)15-25)24-12-13-26-27(16-24)28-17-34-18-35-30(28)32-31(26)37-33(38-32)19(3)4;1-2/h7-20,36H,6H2,1-5H3,(H,37,38);1-2H2/b29-7-;. The Labute approximate surface area is 236 Å². The Kier molecular flexibility index (Phi) is 7.65. The molecule has 0 aliphatic rings. The first-order chi connectivity index (χ1) is 19.5. The molecule has 0 saturated carbocycles. The van der Waals surface area contributed by atoms with Crippen LogP contribution in [0.3, 0.4) is 0 Å². The SMILES string of the molecule is C/C=C(\NC(C)CC)c1ccc2cc(-c3ccc4c(c3)c3cncnc3c3[nH]c(C(C)C)nc43)ccc2c1.C=C. The maximum atomic E-state index is 4.96. The lowest BCUT2D eigenvalue weighted by atomic mass is 9.96. The molecule has 6 rings (SSSR count). The third kappa shape index (κ3) is 4.84. The summed E-state index contributed by atoms with van der Waals surface area (Å²) in [6.07, 6.45) is 6.78. The van der Waals surface area contributed by atoms with Crippen LogP contribution in [-0.4, -0.2) is 26.0 Å². The molecule has 5 nitrogen and oxygen atoms in total. The Balaban J connectivity index is 0.00000158. The van der Waals surface area contributed by atoms with Crippen LogP contribution in [0.5, 0.6) is 0 Å². The highest BCUT2D eigenvalue weighted by Crippen LogP contribution is 2.36. The second-order valence-electron chi connectivity index (χ2n) is 10.5. The van der Waals surface area contributed by atoms with E-state index in [0.29, 0.717) is 12.0 Å². The van der Waals surface area contributed by atoms with E-state index in [9.17, 15) is 0 Å². The van der Waals surface area contributed by atoms with Crippen LogP contribution >= 0.6 is 0 Å². The van der Waals surface area contributed by atoms with Crippen LogP contribution in [0.25, 0.3) is 60.3 Å². The van der Waals surface area contributed by atoms with Crippen molar-refractivity contribution < 1.29 is 0 Å². The van der Waals surface area contributed by atoms with Crippen LogP contribution in [0.1, 0.15) is 58.3 Å². The highest BCUT2D eigenvalue weighted by atomic mass is 14.9. The van der Waals surface area contributed by atoms with Crippen molar-refractivity contribution in [2.75, 3.05) is 0 Å². The molecule has 0 aliphatic heterocycles. The van der Waals surface area contributed by atoms with Gasteiger partial charge >= 0.3 is 0 Å². The van der Waals surface area contributed by atoms with Gasteiger partial charge in [0.15, 0.2) is 0 Å². The van der Waals surface area contributed by atoms with E-state index in [4.69, 9.17) is 4.98 Å². The zero-order chi connectivity index (χ0) is 28.4. The number of nitrogens with one attached hydrogen (secondary N) is 2. The Morgan fingerprint density at radius 2 is 1.62 bits per heavy atom. The van der Waals surface area contributed by atoms with Crippen molar-refractivity contribution in [1.29, 1.82) is 0 Å². The van der Waals surface area contributed by atoms with Gasteiger partial charge in [0.1, 0.15) is 12.2 Å². The maximum Gasteiger partial charge on any atom is 0.116 e. The molecule has 0 aliphatic carbocycles. The summed E-state index contributed by atoms with van der Waals surface area (Å²) in [7, 11) is 0. The molecule has 1 atom stereocenters. The molecule has 6 aromatic rings. The van der Waals surface area contributed by atoms with Gasteiger partial charge in [0.2, 0.25) is 0 Å². The van der Waals surface area contributed by atoms with Crippen LogP contribution < -0.4 is 5.32 Å². The molecule has 0 fully saturated rings. The van der Waals surface area contributed by atoms with E-state index in [1.54, 1.807) is 6.33 Å². The topological polar surface area (TPSA) is 66.5 Å². The number of aromatic amines is 1. The summed E-state index contributed by atoms with van der Waals surface area (Å²) in [5.74, 6) is 1.28. The van der Waals surface area contributed by atoms with Crippen molar-refractivity contribution in [1.82, 2.24) is 25.3 Å². The minimum absolute atomic E-state index is 0.307. The number of hydrogen-bond donors (Lipinski definition) is 2. The fraction of sp³-hybridized carbons (Fsp3) is 0.229. The molecular weight excluding hydrogens is 490 g/mol. The lowest BCUT2D eigenvalue weighted by Gasteiger charge is -2.17. The monoisotopic (exact) mass is 527 g/mol. The minimum Gasteiger partial charge on any atom is -0.382 e. The third-order valence-corrected chi connectivity index (χ3v) is 7.57. The van der Waals surface area contributed by atoms with Gasteiger partial charge < -0.3 is 10.3 Å². The van der Waals surface area contributed by atoms with E-state index in [-0.39, 0.29) is 0 Å². The summed E-state index contributed by atoms with van der Waals surface area (Å²) in [5, 5.41) is 9.36. The van der Waals surface area contributed by atoms with Crippen LogP contribution in [0.4, 0.5) is 0 Å². The van der Waals surface area contributed by atoms with E-state index < -0.39 is 0 Å². The zero-order valence-electron chi connectivity index (χ0n) is 24.0. The van der Waals surface area contributed by atoms with Crippen molar-refractivity contribution in [2.45, 2.75) is 53.0 Å². The van der Waals surface area contributed by atoms with Crippen molar-refractivity contribution in [3.8, 4) is 11.1 Å². The average molecular weight is 528 g/mol. The molecule has 1 unspecified atom stereocenters. The molecule has 0 amide bonds. The van der Waals surface area contributed by atoms with Crippen LogP contribution in [0, 0.1) is 0 Å². The third-order valence-electron chi connectivity index (χ3n) is 7.57. The Morgan fingerprint density at radius 1 is 0.900 bits per heavy atom. The first-order valence-electron chi connectivity index (χ1n) is 14.0. The number of fused-ring (bicyclic) bond motifs is 7. The minimum atomic E-state index is 0.307. The first kappa shape index (κ1) is 27.1. The van der Waals surface area contributed by atoms with Gasteiger partial charge in [-0.3, -0.25) is 0 Å². The molecule has 202 valence electrons. The number of allylic oxidation sites excluding steroid dienone is 1. The lowest BCUT2D eigenvalue weighted by Crippen LogP contribution is -2.23.